The zero-order chi connectivity index (χ0) is 21.4. The van der Waals surface area contributed by atoms with Crippen molar-refractivity contribution in [3.8, 4) is 5.75 Å². The molecule has 5 nitrogen and oxygen atoms in total. The average molecular weight is 482 g/mol. The van der Waals surface area contributed by atoms with Crippen LogP contribution in [0.2, 0.25) is 5.02 Å². The highest BCUT2D eigenvalue weighted by atomic mass is 79.9. The quantitative estimate of drug-likeness (QED) is 0.563. The van der Waals surface area contributed by atoms with E-state index in [1.165, 1.54) is 4.90 Å². The van der Waals surface area contributed by atoms with Gasteiger partial charge in [-0.25, -0.2) is 0 Å². The Morgan fingerprint density at radius 1 is 1.24 bits per heavy atom. The molecule has 0 fully saturated rings. The van der Waals surface area contributed by atoms with E-state index in [-0.39, 0.29) is 25.0 Å². The number of hydrogen-bond acceptors (Lipinski definition) is 3. The first-order valence-electron chi connectivity index (χ1n) is 9.53. The number of carbonyl (C=O) groups excluding carboxylic acids is 2. The highest BCUT2D eigenvalue weighted by molar-refractivity contribution is 9.10. The zero-order valence-electron chi connectivity index (χ0n) is 16.9. The van der Waals surface area contributed by atoms with Gasteiger partial charge in [0.25, 0.3) is 5.91 Å². The number of aryl methyl sites for hydroxylation is 1. The molecule has 156 valence electrons. The highest BCUT2D eigenvalue weighted by Crippen LogP contribution is 2.22. The van der Waals surface area contributed by atoms with Crippen molar-refractivity contribution in [3.05, 3.63) is 63.1 Å². The van der Waals surface area contributed by atoms with Crippen LogP contribution in [0, 0.1) is 6.92 Å². The summed E-state index contributed by atoms with van der Waals surface area (Å²) in [5.41, 5.74) is 1.78. The second-order valence-electron chi connectivity index (χ2n) is 6.78. The largest absolute Gasteiger partial charge is 0.484 e. The first kappa shape index (κ1) is 23.2. The SMILES string of the molecule is CCCNC(=O)[C@H](C)N(Cc1ccccc1Cl)C(=O)COc1ccc(Br)c(C)c1. The molecule has 0 bridgehead atoms. The molecule has 2 amide bonds. The van der Waals surface area contributed by atoms with Gasteiger partial charge in [-0.1, -0.05) is 52.7 Å². The van der Waals surface area contributed by atoms with Crippen molar-refractivity contribution < 1.29 is 14.3 Å². The summed E-state index contributed by atoms with van der Waals surface area (Å²) in [5, 5.41) is 3.40. The Hall–Kier alpha value is -2.05. The number of halogens is 2. The topological polar surface area (TPSA) is 58.6 Å². The maximum atomic E-state index is 13.0. The Morgan fingerprint density at radius 2 is 1.97 bits per heavy atom. The number of hydrogen-bond donors (Lipinski definition) is 1. The van der Waals surface area contributed by atoms with Crippen LogP contribution in [0.5, 0.6) is 5.75 Å². The minimum atomic E-state index is -0.652. The molecule has 1 atom stereocenters. The van der Waals surface area contributed by atoms with Crippen LogP contribution in [0.15, 0.2) is 46.9 Å². The number of carbonyl (C=O) groups is 2. The Morgan fingerprint density at radius 3 is 2.62 bits per heavy atom. The van der Waals surface area contributed by atoms with Gasteiger partial charge in [0.15, 0.2) is 6.61 Å². The van der Waals surface area contributed by atoms with Crippen LogP contribution >= 0.6 is 27.5 Å². The molecule has 2 aromatic rings. The number of benzene rings is 2. The molecule has 7 heteroatoms. The molecule has 2 rings (SSSR count). The first-order valence-corrected chi connectivity index (χ1v) is 10.7. The minimum absolute atomic E-state index is 0.170. The molecule has 0 spiro atoms. The van der Waals surface area contributed by atoms with E-state index in [0.717, 1.165) is 22.0 Å². The van der Waals surface area contributed by atoms with Crippen LogP contribution < -0.4 is 10.1 Å². The molecule has 0 aliphatic heterocycles. The van der Waals surface area contributed by atoms with Crippen molar-refractivity contribution in [1.82, 2.24) is 10.2 Å². The Labute approximate surface area is 185 Å². The van der Waals surface area contributed by atoms with E-state index in [9.17, 15) is 9.59 Å². The molecule has 0 saturated carbocycles. The van der Waals surface area contributed by atoms with Gasteiger partial charge in [0.1, 0.15) is 11.8 Å². The first-order chi connectivity index (χ1) is 13.8. The lowest BCUT2D eigenvalue weighted by Gasteiger charge is -2.29. The molecule has 29 heavy (non-hydrogen) atoms. The summed E-state index contributed by atoms with van der Waals surface area (Å²) in [7, 11) is 0. The molecule has 0 unspecified atom stereocenters. The van der Waals surface area contributed by atoms with E-state index < -0.39 is 6.04 Å². The maximum Gasteiger partial charge on any atom is 0.261 e. The van der Waals surface area contributed by atoms with Crippen molar-refractivity contribution in [2.45, 2.75) is 39.8 Å². The van der Waals surface area contributed by atoms with Crippen LogP contribution in [0.1, 0.15) is 31.4 Å². The summed E-state index contributed by atoms with van der Waals surface area (Å²) in [6, 6.07) is 12.2. The van der Waals surface area contributed by atoms with Crippen molar-refractivity contribution in [2.24, 2.45) is 0 Å². The molecule has 1 N–H and O–H groups in total. The lowest BCUT2D eigenvalue weighted by Crippen LogP contribution is -2.49. The molecule has 0 radical (unpaired) electrons. The van der Waals surface area contributed by atoms with Gasteiger partial charge in [-0.2, -0.15) is 0 Å². The second-order valence-corrected chi connectivity index (χ2v) is 8.04. The summed E-state index contributed by atoms with van der Waals surface area (Å²) in [4.78, 5) is 27.0. The predicted molar refractivity (Wildman–Crippen MR) is 119 cm³/mol. The molecule has 0 aromatic heterocycles. The van der Waals surface area contributed by atoms with E-state index in [4.69, 9.17) is 16.3 Å². The summed E-state index contributed by atoms with van der Waals surface area (Å²) >= 11 is 9.72. The standard InChI is InChI=1S/C22H26BrClN2O3/c1-4-11-25-22(28)16(3)26(13-17-7-5-6-8-20(17)24)21(27)14-29-18-9-10-19(23)15(2)12-18/h5-10,12,16H,4,11,13-14H2,1-3H3,(H,25,28)/t16-/m0/s1. The van der Waals surface area contributed by atoms with Crippen LogP contribution in [-0.2, 0) is 16.1 Å². The van der Waals surface area contributed by atoms with Crippen LogP contribution in [-0.4, -0.2) is 35.9 Å². The molecular formula is C22H26BrClN2O3. The minimum Gasteiger partial charge on any atom is -0.484 e. The summed E-state index contributed by atoms with van der Waals surface area (Å²) in [6.07, 6.45) is 0.822. The van der Waals surface area contributed by atoms with Crippen molar-refractivity contribution in [1.29, 1.82) is 0 Å². The van der Waals surface area contributed by atoms with Gasteiger partial charge in [-0.3, -0.25) is 9.59 Å². The lowest BCUT2D eigenvalue weighted by molar-refractivity contribution is -0.142. The number of nitrogens with one attached hydrogen (secondary N) is 1. The third kappa shape index (κ3) is 6.75. The summed E-state index contributed by atoms with van der Waals surface area (Å²) in [5.74, 6) is 0.108. The van der Waals surface area contributed by atoms with Crippen molar-refractivity contribution in [3.63, 3.8) is 0 Å². The van der Waals surface area contributed by atoms with Gasteiger partial charge in [-0.05, 0) is 55.7 Å². The fourth-order valence-corrected chi connectivity index (χ4v) is 3.17. The van der Waals surface area contributed by atoms with E-state index in [1.807, 2.05) is 44.2 Å². The molecule has 0 heterocycles. The highest BCUT2D eigenvalue weighted by Gasteiger charge is 2.26. The zero-order valence-corrected chi connectivity index (χ0v) is 19.2. The maximum absolute atomic E-state index is 13.0. The van der Waals surface area contributed by atoms with Crippen LogP contribution in [0.4, 0.5) is 0 Å². The van der Waals surface area contributed by atoms with Gasteiger partial charge < -0.3 is 15.0 Å². The molecule has 2 aromatic carbocycles. The fourth-order valence-electron chi connectivity index (χ4n) is 2.72. The summed E-state index contributed by atoms with van der Waals surface area (Å²) in [6.45, 7) is 6.25. The second kappa shape index (κ2) is 11.2. The van der Waals surface area contributed by atoms with E-state index in [1.54, 1.807) is 19.1 Å². The molecule has 0 aliphatic carbocycles. The predicted octanol–water partition coefficient (Wildman–Crippen LogP) is 4.73. The van der Waals surface area contributed by atoms with E-state index >= 15 is 0 Å². The lowest BCUT2D eigenvalue weighted by atomic mass is 10.1. The number of ether oxygens (including phenoxy) is 1. The van der Waals surface area contributed by atoms with Crippen molar-refractivity contribution >= 4 is 39.3 Å². The fraction of sp³-hybridized carbons (Fsp3) is 0.364. The number of nitrogens with zero attached hydrogens (tertiary/aromatic N) is 1. The van der Waals surface area contributed by atoms with E-state index in [2.05, 4.69) is 21.2 Å². The van der Waals surface area contributed by atoms with Gasteiger partial charge >= 0.3 is 0 Å². The third-order valence-corrected chi connectivity index (χ3v) is 5.77. The molecule has 0 aliphatic rings. The number of rotatable bonds is 9. The van der Waals surface area contributed by atoms with Crippen molar-refractivity contribution in [2.75, 3.05) is 13.2 Å². The van der Waals surface area contributed by atoms with Gasteiger partial charge in [-0.15, -0.1) is 0 Å². The monoisotopic (exact) mass is 480 g/mol. The van der Waals surface area contributed by atoms with E-state index in [0.29, 0.717) is 17.3 Å². The molecule has 0 saturated heterocycles. The Bertz CT molecular complexity index is 860. The number of amides is 2. The Balaban J connectivity index is 2.15. The third-order valence-electron chi connectivity index (χ3n) is 4.51. The average Bonchev–Trinajstić information content (AvgIpc) is 2.71. The normalized spacial score (nSPS) is 11.6. The van der Waals surface area contributed by atoms with Crippen LogP contribution in [0.3, 0.4) is 0 Å². The van der Waals surface area contributed by atoms with Gasteiger partial charge in [0.2, 0.25) is 5.91 Å². The van der Waals surface area contributed by atoms with Gasteiger partial charge in [0.05, 0.1) is 0 Å². The smallest absolute Gasteiger partial charge is 0.261 e. The van der Waals surface area contributed by atoms with Crippen LogP contribution in [0.25, 0.3) is 0 Å². The Kier molecular flexibility index (Phi) is 8.99. The summed E-state index contributed by atoms with van der Waals surface area (Å²) < 4.78 is 6.66. The molecular weight excluding hydrogens is 456 g/mol. The van der Waals surface area contributed by atoms with Gasteiger partial charge in [0, 0.05) is 22.6 Å².